The van der Waals surface area contributed by atoms with Gasteiger partial charge in [-0.3, -0.25) is 14.4 Å². The van der Waals surface area contributed by atoms with Crippen LogP contribution in [0.15, 0.2) is 0 Å². The van der Waals surface area contributed by atoms with Crippen molar-refractivity contribution in [3.05, 3.63) is 0 Å². The first-order valence-electron chi connectivity index (χ1n) is 29.3. The van der Waals surface area contributed by atoms with Crippen LogP contribution in [0.2, 0.25) is 0 Å². The number of hydrogen-bond donors (Lipinski definition) is 0. The molecule has 386 valence electrons. The molecule has 0 N–H and O–H groups in total. The number of hydrogen-bond acceptors (Lipinski definition) is 6. The molecular weight excluding hydrogens is 805 g/mol. The van der Waals surface area contributed by atoms with Gasteiger partial charge in [-0.15, -0.1) is 0 Å². The molecule has 0 saturated heterocycles. The fraction of sp³-hybridized carbons (Fsp3) is 0.949. The molecule has 0 aromatic carbocycles. The molecule has 0 bridgehead atoms. The summed E-state index contributed by atoms with van der Waals surface area (Å²) >= 11 is 0. The van der Waals surface area contributed by atoms with Crippen LogP contribution in [0.25, 0.3) is 0 Å². The second kappa shape index (κ2) is 51.8. The number of esters is 3. The highest BCUT2D eigenvalue weighted by molar-refractivity contribution is 5.71. The van der Waals surface area contributed by atoms with Crippen LogP contribution in [0.3, 0.4) is 0 Å². The van der Waals surface area contributed by atoms with Gasteiger partial charge < -0.3 is 14.2 Å². The number of carbonyl (C=O) groups excluding carboxylic acids is 3. The highest BCUT2D eigenvalue weighted by Crippen LogP contribution is 2.19. The Morgan fingerprint density at radius 2 is 0.538 bits per heavy atom. The van der Waals surface area contributed by atoms with Crippen LogP contribution in [-0.4, -0.2) is 37.2 Å². The van der Waals surface area contributed by atoms with Crippen LogP contribution >= 0.6 is 0 Å². The molecule has 6 nitrogen and oxygen atoms in total. The second-order valence-electron chi connectivity index (χ2n) is 20.8. The van der Waals surface area contributed by atoms with Crippen LogP contribution in [0, 0.1) is 11.8 Å². The zero-order valence-corrected chi connectivity index (χ0v) is 44.6. The lowest BCUT2D eigenvalue weighted by Crippen LogP contribution is -2.30. The standard InChI is InChI=1S/C59H114O6/c1-6-9-10-11-12-13-14-15-20-24-27-30-33-39-44-49-57(60)63-52-56(65-59(62)51-46-41-36-35-38-43-48-55(5)8-3)53-64-58(61)50-45-40-34-31-28-25-22-19-17-16-18-21-23-26-29-32-37-42-47-54(4)7-2/h54-56H,6-53H2,1-5H3/t54?,55?,56-/m1/s1. The van der Waals surface area contributed by atoms with E-state index in [2.05, 4.69) is 34.6 Å². The molecule has 0 aromatic rings. The molecule has 0 aliphatic carbocycles. The van der Waals surface area contributed by atoms with Gasteiger partial charge in [0.05, 0.1) is 0 Å². The van der Waals surface area contributed by atoms with E-state index in [4.69, 9.17) is 14.2 Å². The molecule has 0 amide bonds. The van der Waals surface area contributed by atoms with Crippen molar-refractivity contribution < 1.29 is 28.6 Å². The van der Waals surface area contributed by atoms with E-state index in [9.17, 15) is 14.4 Å². The van der Waals surface area contributed by atoms with Gasteiger partial charge in [0, 0.05) is 19.3 Å². The van der Waals surface area contributed by atoms with E-state index in [1.807, 2.05) is 0 Å². The molecule has 0 radical (unpaired) electrons. The zero-order valence-electron chi connectivity index (χ0n) is 44.6. The summed E-state index contributed by atoms with van der Waals surface area (Å²) < 4.78 is 16.9. The Balaban J connectivity index is 4.18. The number of rotatable bonds is 53. The summed E-state index contributed by atoms with van der Waals surface area (Å²) in [5.74, 6) is 0.876. The van der Waals surface area contributed by atoms with Gasteiger partial charge in [-0.1, -0.05) is 291 Å². The molecule has 0 saturated carbocycles. The Morgan fingerprint density at radius 1 is 0.308 bits per heavy atom. The van der Waals surface area contributed by atoms with E-state index in [1.165, 1.54) is 218 Å². The maximum atomic E-state index is 12.8. The predicted molar refractivity (Wildman–Crippen MR) is 280 cm³/mol. The summed E-state index contributed by atoms with van der Waals surface area (Å²) in [6.45, 7) is 11.4. The summed E-state index contributed by atoms with van der Waals surface area (Å²) in [4.78, 5) is 38.1. The average Bonchev–Trinajstić information content (AvgIpc) is 3.30. The van der Waals surface area contributed by atoms with Crippen molar-refractivity contribution in [2.45, 2.75) is 336 Å². The third-order valence-corrected chi connectivity index (χ3v) is 14.2. The maximum absolute atomic E-state index is 12.8. The quantitative estimate of drug-likeness (QED) is 0.0344. The number of ether oxygens (including phenoxy) is 3. The van der Waals surface area contributed by atoms with Crippen LogP contribution in [0.4, 0.5) is 0 Å². The third-order valence-electron chi connectivity index (χ3n) is 14.2. The van der Waals surface area contributed by atoms with Crippen molar-refractivity contribution in [1.82, 2.24) is 0 Å². The maximum Gasteiger partial charge on any atom is 0.306 e. The molecule has 0 aliphatic rings. The molecule has 2 unspecified atom stereocenters. The molecule has 0 spiro atoms. The predicted octanol–water partition coefficient (Wildman–Crippen LogP) is 19.3. The van der Waals surface area contributed by atoms with E-state index < -0.39 is 6.10 Å². The lowest BCUT2D eigenvalue weighted by Gasteiger charge is -2.18. The van der Waals surface area contributed by atoms with Crippen LogP contribution in [0.5, 0.6) is 0 Å². The summed E-state index contributed by atoms with van der Waals surface area (Å²) in [5.41, 5.74) is 0. The molecule has 6 heteroatoms. The van der Waals surface area contributed by atoms with Gasteiger partial charge in [-0.05, 0) is 31.1 Å². The minimum atomic E-state index is -0.763. The largest absolute Gasteiger partial charge is 0.462 e. The average molecular weight is 920 g/mol. The molecule has 0 aliphatic heterocycles. The first-order chi connectivity index (χ1) is 31.8. The van der Waals surface area contributed by atoms with E-state index in [-0.39, 0.29) is 31.1 Å². The molecule has 0 fully saturated rings. The Bertz CT molecular complexity index is 997. The SMILES string of the molecule is CCCCCCCCCCCCCCCCCC(=O)OC[C@H](COC(=O)CCCCCCCCCCCCCCCCCCCCC(C)CC)OC(=O)CCCCCCCCC(C)CC. The topological polar surface area (TPSA) is 78.9 Å². The minimum Gasteiger partial charge on any atom is -0.462 e. The fourth-order valence-corrected chi connectivity index (χ4v) is 8.99. The smallest absolute Gasteiger partial charge is 0.306 e. The molecule has 3 atom stereocenters. The highest BCUT2D eigenvalue weighted by atomic mass is 16.6. The first kappa shape index (κ1) is 63.4. The van der Waals surface area contributed by atoms with Gasteiger partial charge in [0.1, 0.15) is 13.2 Å². The van der Waals surface area contributed by atoms with Crippen molar-refractivity contribution in [2.24, 2.45) is 11.8 Å². The van der Waals surface area contributed by atoms with E-state index in [0.29, 0.717) is 19.3 Å². The third kappa shape index (κ3) is 50.1. The lowest BCUT2D eigenvalue weighted by atomic mass is 9.99. The summed E-state index contributed by atoms with van der Waals surface area (Å²) in [7, 11) is 0. The molecule has 0 aromatic heterocycles. The van der Waals surface area contributed by atoms with Gasteiger partial charge in [-0.2, -0.15) is 0 Å². The van der Waals surface area contributed by atoms with Crippen molar-refractivity contribution in [3.63, 3.8) is 0 Å². The normalized spacial score (nSPS) is 12.9. The molecule has 0 rings (SSSR count). The van der Waals surface area contributed by atoms with Gasteiger partial charge in [-0.25, -0.2) is 0 Å². The van der Waals surface area contributed by atoms with Gasteiger partial charge in [0.25, 0.3) is 0 Å². The van der Waals surface area contributed by atoms with Crippen molar-refractivity contribution >= 4 is 17.9 Å². The monoisotopic (exact) mass is 919 g/mol. The molecule has 65 heavy (non-hydrogen) atoms. The van der Waals surface area contributed by atoms with Gasteiger partial charge in [0.2, 0.25) is 0 Å². The first-order valence-corrected chi connectivity index (χ1v) is 29.3. The summed E-state index contributed by atoms with van der Waals surface area (Å²) in [6, 6.07) is 0. The number of carbonyl (C=O) groups is 3. The van der Waals surface area contributed by atoms with Crippen LogP contribution < -0.4 is 0 Å². The van der Waals surface area contributed by atoms with Crippen molar-refractivity contribution in [2.75, 3.05) is 13.2 Å². The zero-order chi connectivity index (χ0) is 47.5. The lowest BCUT2D eigenvalue weighted by molar-refractivity contribution is -0.167. The van der Waals surface area contributed by atoms with Gasteiger partial charge in [0.15, 0.2) is 6.10 Å². The second-order valence-corrected chi connectivity index (χ2v) is 20.8. The van der Waals surface area contributed by atoms with E-state index in [0.717, 1.165) is 69.6 Å². The fourth-order valence-electron chi connectivity index (χ4n) is 8.99. The number of unbranched alkanes of at least 4 members (excludes halogenated alkanes) is 36. The Hall–Kier alpha value is -1.59. The Kier molecular flexibility index (Phi) is 50.5. The van der Waals surface area contributed by atoms with E-state index >= 15 is 0 Å². The molecule has 0 heterocycles. The van der Waals surface area contributed by atoms with E-state index in [1.54, 1.807) is 0 Å². The Morgan fingerprint density at radius 3 is 0.800 bits per heavy atom. The minimum absolute atomic E-state index is 0.0638. The summed E-state index contributed by atoms with van der Waals surface area (Å²) in [5, 5.41) is 0. The van der Waals surface area contributed by atoms with Crippen LogP contribution in [-0.2, 0) is 28.6 Å². The Labute approximate surface area is 406 Å². The van der Waals surface area contributed by atoms with Crippen molar-refractivity contribution in [3.8, 4) is 0 Å². The summed E-state index contributed by atoms with van der Waals surface area (Å²) in [6.07, 6.45) is 55.3. The van der Waals surface area contributed by atoms with Crippen LogP contribution in [0.1, 0.15) is 330 Å². The molecular formula is C59H114O6. The highest BCUT2D eigenvalue weighted by Gasteiger charge is 2.19. The van der Waals surface area contributed by atoms with Crippen molar-refractivity contribution in [1.29, 1.82) is 0 Å². The van der Waals surface area contributed by atoms with Gasteiger partial charge >= 0.3 is 17.9 Å².